The van der Waals surface area contributed by atoms with Crippen molar-refractivity contribution >= 4 is 81.8 Å². The van der Waals surface area contributed by atoms with Gasteiger partial charge >= 0.3 is 79.0 Å². The number of halogens is 31. The molecule has 614 valence electrons. The van der Waals surface area contributed by atoms with E-state index < -0.39 is 122 Å². The Balaban J connectivity index is 0.000000309. The van der Waals surface area contributed by atoms with Crippen molar-refractivity contribution in [3.05, 3.63) is 249 Å². The summed E-state index contributed by atoms with van der Waals surface area (Å²) in [6.45, 7) is 0.0345. The minimum atomic E-state index is -5.04. The number of aromatic amines is 1. The van der Waals surface area contributed by atoms with Gasteiger partial charge in [0.05, 0.1) is 108 Å². The van der Waals surface area contributed by atoms with Crippen LogP contribution in [0.15, 0.2) is 185 Å². The predicted octanol–water partition coefficient (Wildman–Crippen LogP) is 20.7. The molecule has 0 amide bonds. The topological polar surface area (TPSA) is 197 Å². The smallest absolute Gasteiger partial charge is 0.769 e. The minimum Gasteiger partial charge on any atom is -0.769 e. The summed E-state index contributed by atoms with van der Waals surface area (Å²) in [5.41, 5.74) is -11.4. The number of nitrogens with zero attached hydrogens (tertiary/aromatic N) is 8. The zero-order valence-electron chi connectivity index (χ0n) is 57.1. The number of rotatable bonds is 9. The van der Waals surface area contributed by atoms with Crippen LogP contribution in [-0.4, -0.2) is 68.7 Å². The summed E-state index contributed by atoms with van der Waals surface area (Å²) in [4.78, 5) is 30.2. The standard InChI is InChI=1S/C24H13F7N4O.C12H6ClF6NO.C12H8FN3.C9H5F6NO.C9H4F6O.C3H3Cl.CH2Cl2.ClO.Na/c25-18-4-2-1-3-16(18)22-32-19-7-8-35(12-21(19)33-22)11-14-10-20(34-36-14)15-6-5-13(23(26,27)28)9-17(15)24(29,30)31;13-5-7-4-10(20-21-7)8-2-1-6(11(14,15)16)3-9(8)12(17,18)19;13-9-4-2-1-3-8(9)12-15-10-5-6-14-7-11(10)16-12;10-8(11,12)6-2-1-5(4-16-17)7(3-6)9(13,14)15;10-8(11,12)6-2-1-5(4-16)7(3-6)9(13,14)15;1-2-3-4;2-1-3;1-2;/h1-10,12H,11H2;1-4H,5H2;1-7H,(H,15,16);1-4,17H;1-4H;1H,3H2;1H2;;/q;;;;;;;-1;+1/b;;;16-4+;;;;;. The van der Waals surface area contributed by atoms with Crippen LogP contribution in [0.1, 0.15) is 71.9 Å². The van der Waals surface area contributed by atoms with Crippen LogP contribution in [0.25, 0.3) is 67.7 Å². The maximum atomic E-state index is 14.1. The van der Waals surface area contributed by atoms with Crippen LogP contribution in [0.2, 0.25) is 0 Å². The first-order valence-corrected chi connectivity index (χ1v) is 32.7. The van der Waals surface area contributed by atoms with Gasteiger partial charge in [0, 0.05) is 53.0 Å². The number of fused-ring (bicyclic) bond motifs is 2. The number of alkyl halides is 28. The van der Waals surface area contributed by atoms with E-state index in [1.807, 2.05) is 0 Å². The third-order valence-corrected chi connectivity index (χ3v) is 14.6. The first kappa shape index (κ1) is 98.6. The molecule has 0 radical (unpaired) electrons. The van der Waals surface area contributed by atoms with Gasteiger partial charge in [0.25, 0.3) is 0 Å². The van der Waals surface area contributed by atoms with Gasteiger partial charge in [-0.05, 0) is 84.9 Å². The summed E-state index contributed by atoms with van der Waals surface area (Å²) in [5.74, 6) is 2.63. The summed E-state index contributed by atoms with van der Waals surface area (Å²) in [6.07, 6.45) is -28.0. The Kier molecular flexibility index (Phi) is 36.1. The fourth-order valence-corrected chi connectivity index (χ4v) is 9.36. The van der Waals surface area contributed by atoms with E-state index in [-0.39, 0.29) is 118 Å². The molecule has 6 aromatic carbocycles. The number of hydrogen-bond donors (Lipinski definition) is 2. The molecule has 0 saturated carbocycles. The number of aldehydes is 1. The predicted molar refractivity (Wildman–Crippen MR) is 364 cm³/mol. The molecule has 0 fully saturated rings. The van der Waals surface area contributed by atoms with Crippen molar-refractivity contribution in [2.75, 3.05) is 11.2 Å². The Morgan fingerprint density at radius 3 is 1.31 bits per heavy atom. The summed E-state index contributed by atoms with van der Waals surface area (Å²) in [7, 11) is 0. The van der Waals surface area contributed by atoms with Crippen LogP contribution in [0, 0.1) is 24.0 Å². The van der Waals surface area contributed by atoms with E-state index in [1.165, 1.54) is 18.2 Å². The first-order chi connectivity index (χ1) is 53.6. The number of carbonyl (C=O) groups excluding carboxylic acids is 1. The SMILES string of the molecule is C#CCCl.ClCCl.FC(F)(F)c1ccc(-c2cc(CCl)on2)c(C(F)(F)F)c1.Fc1ccccc1-c1nc2ccn(Cc3cc(-c4ccc(C(F)(F)F)cc4C(F)(F)F)no3)cc-2n1.Fc1ccccc1-c1nc2ccncc2[nH]1.O/N=C/c1ccc(C(F)(F)F)cc1C(F)(F)F.O=Cc1ccc(C(F)(F)F)cc1C(F)(F)F.[Na+].[O-]Cl. The van der Waals surface area contributed by atoms with Gasteiger partial charge in [0.1, 0.15) is 34.5 Å². The number of hydrogen-bond acceptors (Lipinski definition) is 12. The van der Waals surface area contributed by atoms with Crippen molar-refractivity contribution in [1.29, 1.82) is 0 Å². The molecule has 0 atom stereocenters. The van der Waals surface area contributed by atoms with E-state index in [9.17, 15) is 119 Å². The average molecular weight is 1780 g/mol. The zero-order valence-corrected chi connectivity index (χ0v) is 62.9. The number of H-pyrrole nitrogens is 1. The first-order valence-electron chi connectivity index (χ1n) is 30.3. The molecule has 0 unspecified atom stereocenters. The molecule has 6 heterocycles. The van der Waals surface area contributed by atoms with Gasteiger partial charge in [-0.2, -0.15) is 105 Å². The van der Waals surface area contributed by atoms with Crippen molar-refractivity contribution in [3.8, 4) is 69.0 Å². The Bertz CT molecular complexity index is 5170. The second-order valence-electron chi connectivity index (χ2n) is 21.8. The normalized spacial score (nSPS) is 11.7. The van der Waals surface area contributed by atoms with Gasteiger partial charge in [-0.3, -0.25) is 9.78 Å². The van der Waals surface area contributed by atoms with Crippen molar-refractivity contribution in [1.82, 2.24) is 39.8 Å². The fourth-order valence-electron chi connectivity index (χ4n) is 9.24. The van der Waals surface area contributed by atoms with Crippen molar-refractivity contribution in [2.45, 2.75) is 61.8 Å². The molecule has 2 aliphatic heterocycles. The number of oxime groups is 1. The number of imidazole rings is 2. The average Bonchev–Trinajstić information content (AvgIpc) is 1.27. The van der Waals surface area contributed by atoms with Gasteiger partial charge in [0.15, 0.2) is 23.6 Å². The van der Waals surface area contributed by atoms with Gasteiger partial charge in [-0.1, -0.05) is 69.9 Å². The number of terminal acetylenes is 1. The molecule has 116 heavy (non-hydrogen) atoms. The molecule has 12 rings (SSSR count). The molecule has 10 aromatic rings. The number of benzene rings is 6. The molecule has 2 aliphatic rings. The maximum Gasteiger partial charge on any atom is 1.00 e. The van der Waals surface area contributed by atoms with Gasteiger partial charge < -0.3 is 28.5 Å². The van der Waals surface area contributed by atoms with Crippen molar-refractivity contribution in [2.24, 2.45) is 5.16 Å². The second kappa shape index (κ2) is 42.4. The largest absolute Gasteiger partial charge is 1.00 e. The van der Waals surface area contributed by atoms with Crippen LogP contribution in [-0.2, 0) is 61.8 Å². The Morgan fingerprint density at radius 2 is 0.905 bits per heavy atom. The Labute approximate surface area is 681 Å². The summed E-state index contributed by atoms with van der Waals surface area (Å²) < 4.78 is 350. The molecule has 46 heteroatoms. The summed E-state index contributed by atoms with van der Waals surface area (Å²) in [5, 5.41) is 17.7. The van der Waals surface area contributed by atoms with Gasteiger partial charge in [-0.25, -0.2) is 35.6 Å². The molecule has 0 aliphatic carbocycles. The van der Waals surface area contributed by atoms with E-state index in [0.717, 1.165) is 23.2 Å². The number of carbonyl (C=O) groups is 1. The van der Waals surface area contributed by atoms with Crippen LogP contribution >= 0.6 is 58.3 Å². The Morgan fingerprint density at radius 1 is 0.500 bits per heavy atom. The minimum absolute atomic E-state index is 0. The second-order valence-corrected chi connectivity index (χ2v) is 23.1. The van der Waals surface area contributed by atoms with Crippen LogP contribution in [0.4, 0.5) is 114 Å². The molecule has 14 nitrogen and oxygen atoms in total. The van der Waals surface area contributed by atoms with E-state index in [2.05, 4.69) is 69.1 Å². The summed E-state index contributed by atoms with van der Waals surface area (Å²) >= 11 is 23.3. The monoisotopic (exact) mass is 1780 g/mol. The van der Waals surface area contributed by atoms with E-state index in [0.29, 0.717) is 77.3 Å². The molecule has 0 saturated heterocycles. The van der Waals surface area contributed by atoms with E-state index in [1.54, 1.807) is 77.9 Å². The zero-order chi connectivity index (χ0) is 86.4. The molecule has 4 aromatic heterocycles. The third-order valence-electron chi connectivity index (χ3n) is 14.2. The third kappa shape index (κ3) is 28.3. The quantitative estimate of drug-likeness (QED) is 0.0204. The number of pyridine rings is 2. The molecular weight excluding hydrogens is 1740 g/mol. The number of aromatic nitrogens is 8. The Hall–Kier alpha value is -9.73. The molecule has 2 N–H and O–H groups in total. The van der Waals surface area contributed by atoms with E-state index >= 15 is 0 Å². The van der Waals surface area contributed by atoms with Crippen molar-refractivity contribution < 1.29 is 167 Å². The molecule has 0 bridgehead atoms. The molecule has 0 spiro atoms. The fraction of sp³-hybridized carbons (Fsp3) is 0.171. The van der Waals surface area contributed by atoms with Crippen LogP contribution in [0.3, 0.4) is 0 Å². The van der Waals surface area contributed by atoms with Gasteiger partial charge in [-0.15, -0.1) is 52.8 Å². The number of nitrogens with one attached hydrogen (secondary N) is 1. The van der Waals surface area contributed by atoms with Gasteiger partial charge in [0.2, 0.25) is 0 Å². The van der Waals surface area contributed by atoms with E-state index in [4.69, 9.17) is 60.8 Å². The maximum absolute atomic E-state index is 14.1. The van der Waals surface area contributed by atoms with Crippen LogP contribution in [0.5, 0.6) is 0 Å². The molecular formula is C70H41Cl5F26N9NaO5. The summed E-state index contributed by atoms with van der Waals surface area (Å²) in [6, 6.07) is 22.9. The van der Waals surface area contributed by atoms with Crippen LogP contribution < -0.4 is 34.2 Å². The van der Waals surface area contributed by atoms with Crippen molar-refractivity contribution in [3.63, 3.8) is 0 Å².